The minimum atomic E-state index is -3.40. The summed E-state index contributed by atoms with van der Waals surface area (Å²) in [5.41, 5.74) is 1.71. The van der Waals surface area contributed by atoms with Crippen LogP contribution in [0.2, 0.25) is 0 Å². The highest BCUT2D eigenvalue weighted by Crippen LogP contribution is 2.19. The predicted molar refractivity (Wildman–Crippen MR) is 114 cm³/mol. The average molecular weight is 419 g/mol. The number of carbonyl (C=O) groups is 2. The summed E-state index contributed by atoms with van der Waals surface area (Å²) in [4.78, 5) is 25.1. The van der Waals surface area contributed by atoms with Gasteiger partial charge in [0.1, 0.15) is 0 Å². The molecule has 0 aromatic heterocycles. The third kappa shape index (κ3) is 6.90. The van der Waals surface area contributed by atoms with Gasteiger partial charge >= 0.3 is 5.97 Å². The molecule has 0 spiro atoms. The molecule has 0 bridgehead atoms. The number of ketones is 1. The number of Topliss-reactive ketones (excluding diaryl/α,β-unsaturated/α-hetero) is 1. The Balaban J connectivity index is 2.05. The topological polar surface area (TPSA) is 102 Å². The van der Waals surface area contributed by atoms with Gasteiger partial charge in [0, 0.05) is 23.5 Å². The third-order valence-corrected chi connectivity index (χ3v) is 4.72. The van der Waals surface area contributed by atoms with Crippen LogP contribution in [0.25, 0.3) is 0 Å². The van der Waals surface area contributed by atoms with Gasteiger partial charge in [0.15, 0.2) is 6.10 Å². The monoisotopic (exact) mass is 418 g/mol. The van der Waals surface area contributed by atoms with Crippen molar-refractivity contribution >= 4 is 33.2 Å². The van der Waals surface area contributed by atoms with Crippen LogP contribution in [0.3, 0.4) is 0 Å². The summed E-state index contributed by atoms with van der Waals surface area (Å²) in [6.45, 7) is 4.33. The smallest absolute Gasteiger partial charge is 0.340 e. The van der Waals surface area contributed by atoms with Gasteiger partial charge in [-0.3, -0.25) is 9.52 Å². The first-order chi connectivity index (χ1) is 13.7. The summed E-state index contributed by atoms with van der Waals surface area (Å²) in [6.07, 6.45) is 2.06. The van der Waals surface area contributed by atoms with E-state index in [9.17, 15) is 18.0 Å². The van der Waals surface area contributed by atoms with Gasteiger partial charge in [-0.15, -0.1) is 0 Å². The number of benzene rings is 2. The molecule has 7 nitrogen and oxygen atoms in total. The molecular formula is C21H26N2O5S. The van der Waals surface area contributed by atoms with E-state index in [0.29, 0.717) is 22.5 Å². The van der Waals surface area contributed by atoms with Crippen LogP contribution in [0.4, 0.5) is 11.4 Å². The van der Waals surface area contributed by atoms with E-state index in [0.717, 1.165) is 25.6 Å². The fourth-order valence-corrected chi connectivity index (χ4v) is 3.21. The molecule has 0 heterocycles. The maximum absolute atomic E-state index is 12.6. The number of rotatable bonds is 10. The zero-order chi connectivity index (χ0) is 21.4. The first kappa shape index (κ1) is 22.4. The van der Waals surface area contributed by atoms with Crippen LogP contribution in [-0.2, 0) is 14.8 Å². The number of ether oxygens (including phenoxy) is 1. The Morgan fingerprint density at radius 1 is 1.07 bits per heavy atom. The van der Waals surface area contributed by atoms with Crippen molar-refractivity contribution in [2.45, 2.75) is 32.8 Å². The van der Waals surface area contributed by atoms with Crippen LogP contribution in [0.15, 0.2) is 48.5 Å². The van der Waals surface area contributed by atoms with Crippen molar-refractivity contribution in [3.8, 4) is 0 Å². The van der Waals surface area contributed by atoms with Crippen LogP contribution in [0.5, 0.6) is 0 Å². The number of sulfonamides is 1. The highest BCUT2D eigenvalue weighted by Gasteiger charge is 2.22. The van der Waals surface area contributed by atoms with E-state index >= 15 is 0 Å². The van der Waals surface area contributed by atoms with Crippen molar-refractivity contribution in [1.29, 1.82) is 0 Å². The first-order valence-corrected chi connectivity index (χ1v) is 11.3. The molecule has 156 valence electrons. The lowest BCUT2D eigenvalue weighted by atomic mass is 10.1. The van der Waals surface area contributed by atoms with Crippen LogP contribution in [-0.4, -0.2) is 39.1 Å². The molecule has 0 radical (unpaired) electrons. The van der Waals surface area contributed by atoms with Gasteiger partial charge in [-0.05, 0) is 49.7 Å². The number of anilines is 2. The summed E-state index contributed by atoms with van der Waals surface area (Å²) in [5.74, 6) is -0.957. The molecule has 2 aromatic rings. The van der Waals surface area contributed by atoms with E-state index in [-0.39, 0.29) is 5.78 Å². The fraction of sp³-hybridized carbons (Fsp3) is 0.333. The quantitative estimate of drug-likeness (QED) is 0.347. The van der Waals surface area contributed by atoms with Gasteiger partial charge in [-0.25, -0.2) is 13.2 Å². The minimum absolute atomic E-state index is 0.318. The SMILES string of the molecule is CCCCNc1ccccc1C(=O)O[C@H](C)C(=O)c1ccc(NS(C)(=O)=O)cc1. The van der Waals surface area contributed by atoms with Gasteiger partial charge in [0.25, 0.3) is 0 Å². The molecule has 0 amide bonds. The van der Waals surface area contributed by atoms with E-state index in [1.165, 1.54) is 31.2 Å². The van der Waals surface area contributed by atoms with Gasteiger partial charge in [0.2, 0.25) is 15.8 Å². The zero-order valence-corrected chi connectivity index (χ0v) is 17.6. The lowest BCUT2D eigenvalue weighted by Gasteiger charge is -2.15. The summed E-state index contributed by atoms with van der Waals surface area (Å²) in [5, 5.41) is 3.21. The number of hydrogen-bond donors (Lipinski definition) is 2. The van der Waals surface area contributed by atoms with Crippen LogP contribution >= 0.6 is 0 Å². The molecule has 0 unspecified atom stereocenters. The molecule has 0 aliphatic rings. The van der Waals surface area contributed by atoms with Crippen LogP contribution < -0.4 is 10.0 Å². The van der Waals surface area contributed by atoms with E-state index in [4.69, 9.17) is 4.74 Å². The first-order valence-electron chi connectivity index (χ1n) is 9.37. The normalized spacial score (nSPS) is 12.1. The van der Waals surface area contributed by atoms with E-state index in [2.05, 4.69) is 17.0 Å². The Labute approximate surface area is 171 Å². The molecule has 0 saturated carbocycles. The van der Waals surface area contributed by atoms with Crippen molar-refractivity contribution in [3.05, 3.63) is 59.7 Å². The summed E-state index contributed by atoms with van der Waals surface area (Å²) in [7, 11) is -3.40. The number of esters is 1. The molecule has 0 fully saturated rings. The maximum atomic E-state index is 12.6. The van der Waals surface area contributed by atoms with Crippen LogP contribution in [0, 0.1) is 0 Å². The largest absolute Gasteiger partial charge is 0.451 e. The van der Waals surface area contributed by atoms with Gasteiger partial charge in [0.05, 0.1) is 11.8 Å². The second-order valence-corrected chi connectivity index (χ2v) is 8.44. The molecule has 1 atom stereocenters. The van der Waals surface area contributed by atoms with Crippen molar-refractivity contribution in [2.75, 3.05) is 22.8 Å². The van der Waals surface area contributed by atoms with Gasteiger partial charge < -0.3 is 10.1 Å². The second kappa shape index (κ2) is 10.1. The number of unbranched alkanes of at least 4 members (excludes halogenated alkanes) is 1. The molecule has 0 aliphatic heterocycles. The molecule has 29 heavy (non-hydrogen) atoms. The molecule has 2 rings (SSSR count). The lowest BCUT2D eigenvalue weighted by molar-refractivity contribution is 0.0319. The summed E-state index contributed by atoms with van der Waals surface area (Å²) < 4.78 is 30.2. The van der Waals surface area contributed by atoms with Crippen LogP contribution in [0.1, 0.15) is 47.4 Å². The Morgan fingerprint density at radius 2 is 1.72 bits per heavy atom. The molecule has 2 N–H and O–H groups in total. The predicted octanol–water partition coefficient (Wildman–Crippen LogP) is 3.70. The Hall–Kier alpha value is -2.87. The van der Waals surface area contributed by atoms with Gasteiger partial charge in [-0.1, -0.05) is 25.5 Å². The fourth-order valence-electron chi connectivity index (χ4n) is 2.64. The maximum Gasteiger partial charge on any atom is 0.340 e. The summed E-state index contributed by atoms with van der Waals surface area (Å²) >= 11 is 0. The average Bonchev–Trinajstić information content (AvgIpc) is 2.67. The molecular weight excluding hydrogens is 392 g/mol. The van der Waals surface area contributed by atoms with Crippen molar-refractivity contribution in [2.24, 2.45) is 0 Å². The molecule has 0 aliphatic carbocycles. The Morgan fingerprint density at radius 3 is 2.34 bits per heavy atom. The van der Waals surface area contributed by atoms with Crippen molar-refractivity contribution in [1.82, 2.24) is 0 Å². The number of nitrogens with one attached hydrogen (secondary N) is 2. The third-order valence-electron chi connectivity index (χ3n) is 4.12. The van der Waals surface area contributed by atoms with E-state index < -0.39 is 22.1 Å². The molecule has 8 heteroatoms. The molecule has 0 saturated heterocycles. The molecule has 2 aromatic carbocycles. The zero-order valence-electron chi connectivity index (χ0n) is 16.8. The highest BCUT2D eigenvalue weighted by atomic mass is 32.2. The van der Waals surface area contributed by atoms with E-state index in [1.807, 2.05) is 6.07 Å². The van der Waals surface area contributed by atoms with Crippen molar-refractivity contribution < 1.29 is 22.7 Å². The summed E-state index contributed by atoms with van der Waals surface area (Å²) in [6, 6.07) is 12.9. The Kier molecular flexibility index (Phi) is 7.78. The lowest BCUT2D eigenvalue weighted by Crippen LogP contribution is -2.25. The second-order valence-electron chi connectivity index (χ2n) is 6.69. The standard InChI is InChI=1S/C21H26N2O5S/c1-4-5-14-22-19-9-7-6-8-18(19)21(25)28-15(2)20(24)16-10-12-17(13-11-16)23-29(3,26)27/h6-13,15,22-23H,4-5,14H2,1-3H3/t15-/m1/s1. The van der Waals surface area contributed by atoms with Crippen molar-refractivity contribution in [3.63, 3.8) is 0 Å². The van der Waals surface area contributed by atoms with Gasteiger partial charge in [-0.2, -0.15) is 0 Å². The minimum Gasteiger partial charge on any atom is -0.451 e. The Bertz CT molecular complexity index is 955. The number of carbonyl (C=O) groups excluding carboxylic acids is 2. The van der Waals surface area contributed by atoms with E-state index in [1.54, 1.807) is 18.2 Å². The highest BCUT2D eigenvalue weighted by molar-refractivity contribution is 7.92. The number of para-hydroxylation sites is 1. The number of hydrogen-bond acceptors (Lipinski definition) is 6.